The number of nitrogens with zero attached hydrogens (tertiary/aromatic N) is 3. The Balaban J connectivity index is 2.73. The molecule has 2 aromatic heterocycles. The summed E-state index contributed by atoms with van der Waals surface area (Å²) in [5, 5.41) is 2.16. The lowest BCUT2D eigenvalue weighted by molar-refractivity contribution is 0.0993. The summed E-state index contributed by atoms with van der Waals surface area (Å²) in [4.78, 5) is 18.3. The number of imidazole rings is 1. The fourth-order valence-corrected chi connectivity index (χ4v) is 1.59. The van der Waals surface area contributed by atoms with Crippen LogP contribution in [0.2, 0.25) is 0 Å². The van der Waals surface area contributed by atoms with E-state index >= 15 is 0 Å². The van der Waals surface area contributed by atoms with Crippen LogP contribution in [0.25, 0.3) is 5.78 Å². The molecule has 3 N–H and O–H groups in total. The number of amides is 1. The molecule has 0 saturated carbocycles. The van der Waals surface area contributed by atoms with Crippen LogP contribution in [0.15, 0.2) is 11.4 Å². The predicted molar refractivity (Wildman–Crippen MR) is 49.0 cm³/mol. The van der Waals surface area contributed by atoms with Gasteiger partial charge in [0.25, 0.3) is 11.7 Å². The van der Waals surface area contributed by atoms with Crippen molar-refractivity contribution in [3.05, 3.63) is 11.9 Å². The number of hydrogen-bond donors (Lipinski definition) is 2. The zero-order chi connectivity index (χ0) is 11.2. The molecule has 0 saturated heterocycles. The number of sulfone groups is 1. The summed E-state index contributed by atoms with van der Waals surface area (Å²) in [5.41, 5.74) is 5.09. The molecule has 2 rings (SSSR count). The highest BCUT2D eigenvalue weighted by molar-refractivity contribution is 7.90. The number of carbonyl (C=O) groups excluding carboxylic acids is 1. The number of hydrogen-bond acceptors (Lipinski definition) is 5. The molecule has 0 aliphatic carbocycles. The molecule has 9 heteroatoms. The van der Waals surface area contributed by atoms with Gasteiger partial charge in [0, 0.05) is 6.26 Å². The van der Waals surface area contributed by atoms with Crippen LogP contribution >= 0.6 is 0 Å². The summed E-state index contributed by atoms with van der Waals surface area (Å²) in [6, 6.07) is 0. The molecule has 0 fully saturated rings. The Kier molecular flexibility index (Phi) is 1.80. The van der Waals surface area contributed by atoms with E-state index in [0.717, 1.165) is 10.8 Å². The first-order valence-electron chi connectivity index (χ1n) is 3.83. The van der Waals surface area contributed by atoms with E-state index in [1.807, 2.05) is 0 Å². The maximum absolute atomic E-state index is 11.1. The summed E-state index contributed by atoms with van der Waals surface area (Å²) in [6.45, 7) is 0. The largest absolute Gasteiger partial charge is 0.364 e. The molecule has 2 aromatic rings. The monoisotopic (exact) mass is 229 g/mol. The normalized spacial score (nSPS) is 12.1. The van der Waals surface area contributed by atoms with Gasteiger partial charge in [0.05, 0.1) is 6.20 Å². The van der Waals surface area contributed by atoms with Crippen molar-refractivity contribution in [3.63, 3.8) is 0 Å². The lowest BCUT2D eigenvalue weighted by Crippen LogP contribution is -2.14. The number of fused-ring (bicyclic) bond motifs is 1. The molecule has 0 aliphatic rings. The quantitative estimate of drug-likeness (QED) is 0.652. The zero-order valence-corrected chi connectivity index (χ0v) is 8.45. The van der Waals surface area contributed by atoms with Crippen LogP contribution in [-0.4, -0.2) is 40.2 Å². The third-order valence-corrected chi connectivity index (χ3v) is 2.64. The van der Waals surface area contributed by atoms with Gasteiger partial charge in [-0.05, 0) is 0 Å². The van der Waals surface area contributed by atoms with Gasteiger partial charge in [-0.25, -0.2) is 17.9 Å². The van der Waals surface area contributed by atoms with Crippen molar-refractivity contribution in [2.45, 2.75) is 5.16 Å². The van der Waals surface area contributed by atoms with Crippen LogP contribution in [0.1, 0.15) is 10.5 Å². The summed E-state index contributed by atoms with van der Waals surface area (Å²) >= 11 is 0. The standard InChI is InChI=1S/C6H7N5O3S/c1-15(13,14)6-9-5-8-2-3(4(7)12)11(5)10-6/h2H,1H3,(H2,7,12)(H,8,9,10). The van der Waals surface area contributed by atoms with Crippen molar-refractivity contribution in [1.29, 1.82) is 0 Å². The van der Waals surface area contributed by atoms with Crippen LogP contribution in [0.4, 0.5) is 0 Å². The van der Waals surface area contributed by atoms with E-state index in [-0.39, 0.29) is 16.6 Å². The lowest BCUT2D eigenvalue weighted by Gasteiger charge is -1.91. The average molecular weight is 229 g/mol. The highest BCUT2D eigenvalue weighted by Gasteiger charge is 2.17. The van der Waals surface area contributed by atoms with Crippen LogP contribution in [-0.2, 0) is 9.84 Å². The maximum Gasteiger partial charge on any atom is 0.269 e. The number of H-pyrrole nitrogens is 1. The summed E-state index contributed by atoms with van der Waals surface area (Å²) < 4.78 is 23.4. The Hall–Kier alpha value is -1.90. The van der Waals surface area contributed by atoms with E-state index in [2.05, 4.69) is 15.1 Å². The minimum atomic E-state index is -3.46. The van der Waals surface area contributed by atoms with Gasteiger partial charge in [-0.2, -0.15) is 4.98 Å². The summed E-state index contributed by atoms with van der Waals surface area (Å²) in [6.07, 6.45) is 2.21. The van der Waals surface area contributed by atoms with E-state index in [1.165, 1.54) is 6.20 Å². The second-order valence-corrected chi connectivity index (χ2v) is 4.88. The van der Waals surface area contributed by atoms with Crippen molar-refractivity contribution in [1.82, 2.24) is 19.6 Å². The number of nitrogens with one attached hydrogen (secondary N) is 1. The van der Waals surface area contributed by atoms with Gasteiger partial charge in [0.15, 0.2) is 0 Å². The fourth-order valence-electron chi connectivity index (χ4n) is 1.08. The smallest absolute Gasteiger partial charge is 0.269 e. The van der Waals surface area contributed by atoms with Gasteiger partial charge in [0.2, 0.25) is 15.0 Å². The molecule has 1 amide bonds. The molecule has 2 heterocycles. The molecular formula is C6H7N5O3S. The van der Waals surface area contributed by atoms with Crippen LogP contribution < -0.4 is 5.73 Å². The molecular weight excluding hydrogens is 222 g/mol. The first-order valence-corrected chi connectivity index (χ1v) is 5.72. The first kappa shape index (κ1) is 9.65. The summed E-state index contributed by atoms with van der Waals surface area (Å²) in [7, 11) is -3.46. The molecule has 0 unspecified atom stereocenters. The lowest BCUT2D eigenvalue weighted by atomic mass is 10.5. The zero-order valence-electron chi connectivity index (χ0n) is 7.63. The maximum atomic E-state index is 11.1. The molecule has 80 valence electrons. The van der Waals surface area contributed by atoms with Crippen molar-refractivity contribution in [2.24, 2.45) is 5.73 Å². The second kappa shape index (κ2) is 2.79. The van der Waals surface area contributed by atoms with E-state index in [9.17, 15) is 13.2 Å². The Morgan fingerprint density at radius 2 is 2.27 bits per heavy atom. The molecule has 8 nitrogen and oxygen atoms in total. The van der Waals surface area contributed by atoms with Gasteiger partial charge in [-0.3, -0.25) is 9.89 Å². The number of aromatic amines is 1. The number of carbonyl (C=O) groups is 1. The third-order valence-electron chi connectivity index (χ3n) is 1.76. The molecule has 0 radical (unpaired) electrons. The molecule has 0 aromatic carbocycles. The Labute approximate surface area is 84.0 Å². The van der Waals surface area contributed by atoms with Gasteiger partial charge < -0.3 is 5.73 Å². The van der Waals surface area contributed by atoms with E-state index in [0.29, 0.717) is 0 Å². The summed E-state index contributed by atoms with van der Waals surface area (Å²) in [5.74, 6) is -0.629. The highest BCUT2D eigenvalue weighted by Crippen LogP contribution is 2.07. The SMILES string of the molecule is CS(=O)(=O)c1nc2ncc(C(N)=O)n2[nH]1. The van der Waals surface area contributed by atoms with Gasteiger partial charge in [-0.15, -0.1) is 0 Å². The van der Waals surface area contributed by atoms with Crippen molar-refractivity contribution < 1.29 is 13.2 Å². The fraction of sp³-hybridized carbons (Fsp3) is 0.167. The number of rotatable bonds is 2. The second-order valence-electron chi connectivity index (χ2n) is 2.94. The minimum absolute atomic E-state index is 0.0485. The van der Waals surface area contributed by atoms with Gasteiger partial charge >= 0.3 is 0 Å². The van der Waals surface area contributed by atoms with Crippen LogP contribution in [0.3, 0.4) is 0 Å². The van der Waals surface area contributed by atoms with Gasteiger partial charge in [-0.1, -0.05) is 0 Å². The van der Waals surface area contributed by atoms with E-state index in [1.54, 1.807) is 0 Å². The predicted octanol–water partition coefficient (Wildman–Crippen LogP) is -1.44. The van der Waals surface area contributed by atoms with Crippen LogP contribution in [0, 0.1) is 0 Å². The minimum Gasteiger partial charge on any atom is -0.364 e. The third kappa shape index (κ3) is 1.46. The highest BCUT2D eigenvalue weighted by atomic mass is 32.2. The van der Waals surface area contributed by atoms with Crippen molar-refractivity contribution in [3.8, 4) is 0 Å². The molecule has 0 bridgehead atoms. The molecule has 15 heavy (non-hydrogen) atoms. The first-order chi connectivity index (χ1) is 6.89. The molecule has 0 atom stereocenters. The van der Waals surface area contributed by atoms with Gasteiger partial charge in [0.1, 0.15) is 5.69 Å². The van der Waals surface area contributed by atoms with E-state index in [4.69, 9.17) is 5.73 Å². The van der Waals surface area contributed by atoms with Crippen molar-refractivity contribution in [2.75, 3.05) is 6.26 Å². The van der Waals surface area contributed by atoms with Crippen molar-refractivity contribution >= 4 is 21.5 Å². The van der Waals surface area contributed by atoms with Crippen LogP contribution in [0.5, 0.6) is 0 Å². The number of primary amides is 1. The Bertz CT molecular complexity index is 637. The van der Waals surface area contributed by atoms with E-state index < -0.39 is 15.7 Å². The average Bonchev–Trinajstić information content (AvgIpc) is 2.56. The Morgan fingerprint density at radius 1 is 1.60 bits per heavy atom. The topological polar surface area (TPSA) is 123 Å². The molecule has 0 aliphatic heterocycles. The Morgan fingerprint density at radius 3 is 2.80 bits per heavy atom. The number of nitrogens with two attached hydrogens (primary N) is 1. The molecule has 0 spiro atoms. The number of aromatic nitrogens is 4.